The average Bonchev–Trinajstić information content (AvgIpc) is 3.06. The van der Waals surface area contributed by atoms with Gasteiger partial charge in [-0.25, -0.2) is 0 Å². The van der Waals surface area contributed by atoms with E-state index >= 15 is 0 Å². The summed E-state index contributed by atoms with van der Waals surface area (Å²) in [5.74, 6) is 0.464. The van der Waals surface area contributed by atoms with E-state index in [1.54, 1.807) is 0 Å². The summed E-state index contributed by atoms with van der Waals surface area (Å²) in [6.45, 7) is 2.33. The van der Waals surface area contributed by atoms with Gasteiger partial charge in [-0.1, -0.05) is 60.7 Å². The lowest BCUT2D eigenvalue weighted by molar-refractivity contribution is -0.124. The van der Waals surface area contributed by atoms with E-state index in [-0.39, 0.29) is 17.7 Å². The first kappa shape index (κ1) is 14.8. The summed E-state index contributed by atoms with van der Waals surface area (Å²) in [7, 11) is 0. The van der Waals surface area contributed by atoms with Gasteiger partial charge in [0, 0.05) is 25.6 Å². The van der Waals surface area contributed by atoms with E-state index in [2.05, 4.69) is 34.9 Å². The SMILES string of the molecule is O=C(NCCc1ccccc1)[C@@H]1CNC[C@H]1c1ccccc1. The van der Waals surface area contributed by atoms with Crippen LogP contribution in [0.2, 0.25) is 0 Å². The quantitative estimate of drug-likeness (QED) is 0.889. The van der Waals surface area contributed by atoms with E-state index in [9.17, 15) is 4.79 Å². The van der Waals surface area contributed by atoms with E-state index in [0.717, 1.165) is 19.5 Å². The van der Waals surface area contributed by atoms with Crippen molar-refractivity contribution in [3.05, 3.63) is 71.8 Å². The van der Waals surface area contributed by atoms with Gasteiger partial charge in [0.15, 0.2) is 0 Å². The van der Waals surface area contributed by atoms with E-state index in [0.29, 0.717) is 6.54 Å². The standard InChI is InChI=1S/C19H22N2O/c22-19(21-12-11-15-7-3-1-4-8-15)18-14-20-13-17(18)16-9-5-2-6-10-16/h1-10,17-18,20H,11-14H2,(H,21,22)/t17-,18+/m0/s1. The van der Waals surface area contributed by atoms with Crippen LogP contribution in [0.4, 0.5) is 0 Å². The van der Waals surface area contributed by atoms with Crippen LogP contribution in [0.3, 0.4) is 0 Å². The second-order valence-electron chi connectivity index (χ2n) is 5.81. The number of hydrogen-bond donors (Lipinski definition) is 2. The molecule has 0 aliphatic carbocycles. The van der Waals surface area contributed by atoms with Crippen LogP contribution < -0.4 is 10.6 Å². The first-order chi connectivity index (χ1) is 10.8. The van der Waals surface area contributed by atoms with Gasteiger partial charge in [0.25, 0.3) is 0 Å². The molecule has 2 N–H and O–H groups in total. The maximum absolute atomic E-state index is 12.5. The number of carbonyl (C=O) groups is 1. The third-order valence-corrected chi connectivity index (χ3v) is 4.33. The molecule has 114 valence electrons. The molecule has 3 nitrogen and oxygen atoms in total. The molecule has 22 heavy (non-hydrogen) atoms. The molecule has 0 bridgehead atoms. The van der Waals surface area contributed by atoms with Crippen molar-refractivity contribution in [1.82, 2.24) is 10.6 Å². The summed E-state index contributed by atoms with van der Waals surface area (Å²) >= 11 is 0. The Morgan fingerprint density at radius 2 is 1.68 bits per heavy atom. The maximum atomic E-state index is 12.5. The maximum Gasteiger partial charge on any atom is 0.225 e. The summed E-state index contributed by atoms with van der Waals surface area (Å²) in [5.41, 5.74) is 2.50. The van der Waals surface area contributed by atoms with Gasteiger partial charge in [-0.15, -0.1) is 0 Å². The highest BCUT2D eigenvalue weighted by atomic mass is 16.1. The summed E-state index contributed by atoms with van der Waals surface area (Å²) in [5, 5.41) is 6.44. The van der Waals surface area contributed by atoms with E-state index in [4.69, 9.17) is 0 Å². The van der Waals surface area contributed by atoms with Crippen molar-refractivity contribution in [1.29, 1.82) is 0 Å². The molecule has 2 aromatic rings. The Kier molecular flexibility index (Phi) is 4.86. The van der Waals surface area contributed by atoms with Crippen molar-refractivity contribution in [2.75, 3.05) is 19.6 Å². The molecule has 3 rings (SSSR count). The number of amides is 1. The second kappa shape index (κ2) is 7.23. The summed E-state index contributed by atoms with van der Waals surface area (Å²) in [4.78, 5) is 12.5. The van der Waals surface area contributed by atoms with Crippen LogP contribution in [0.25, 0.3) is 0 Å². The van der Waals surface area contributed by atoms with Crippen LogP contribution in [-0.2, 0) is 11.2 Å². The predicted molar refractivity (Wildman–Crippen MR) is 88.7 cm³/mol. The highest BCUT2D eigenvalue weighted by Gasteiger charge is 2.33. The van der Waals surface area contributed by atoms with Gasteiger partial charge in [-0.2, -0.15) is 0 Å². The number of rotatable bonds is 5. The minimum absolute atomic E-state index is 0.0261. The summed E-state index contributed by atoms with van der Waals surface area (Å²) < 4.78 is 0. The van der Waals surface area contributed by atoms with Crippen molar-refractivity contribution in [3.63, 3.8) is 0 Å². The van der Waals surface area contributed by atoms with Crippen LogP contribution in [0.15, 0.2) is 60.7 Å². The Labute approximate surface area is 131 Å². The molecule has 2 aromatic carbocycles. The third-order valence-electron chi connectivity index (χ3n) is 4.33. The zero-order valence-corrected chi connectivity index (χ0v) is 12.7. The van der Waals surface area contributed by atoms with Crippen molar-refractivity contribution in [2.24, 2.45) is 5.92 Å². The topological polar surface area (TPSA) is 41.1 Å². The number of hydrogen-bond acceptors (Lipinski definition) is 2. The zero-order chi connectivity index (χ0) is 15.2. The van der Waals surface area contributed by atoms with E-state index in [1.807, 2.05) is 36.4 Å². The number of carbonyl (C=O) groups excluding carboxylic acids is 1. The van der Waals surface area contributed by atoms with E-state index < -0.39 is 0 Å². The van der Waals surface area contributed by atoms with Crippen LogP contribution in [0.5, 0.6) is 0 Å². The molecule has 1 aliphatic rings. The Hall–Kier alpha value is -2.13. The first-order valence-electron chi connectivity index (χ1n) is 7.92. The molecule has 0 spiro atoms. The van der Waals surface area contributed by atoms with Crippen LogP contribution in [0.1, 0.15) is 17.0 Å². The molecule has 1 fully saturated rings. The van der Waals surface area contributed by atoms with Crippen molar-refractivity contribution in [2.45, 2.75) is 12.3 Å². The number of benzene rings is 2. The normalized spacial score (nSPS) is 20.7. The molecular formula is C19H22N2O. The Bertz CT molecular complexity index is 597. The Balaban J connectivity index is 1.55. The molecule has 0 radical (unpaired) electrons. The van der Waals surface area contributed by atoms with Crippen molar-refractivity contribution < 1.29 is 4.79 Å². The van der Waals surface area contributed by atoms with Gasteiger partial charge >= 0.3 is 0 Å². The minimum Gasteiger partial charge on any atom is -0.355 e. The van der Waals surface area contributed by atoms with Gasteiger partial charge < -0.3 is 10.6 Å². The Morgan fingerprint density at radius 1 is 1.00 bits per heavy atom. The molecule has 1 amide bonds. The fourth-order valence-corrected chi connectivity index (χ4v) is 3.11. The molecule has 0 unspecified atom stereocenters. The van der Waals surface area contributed by atoms with Gasteiger partial charge in [-0.3, -0.25) is 4.79 Å². The lowest BCUT2D eigenvalue weighted by atomic mass is 9.88. The van der Waals surface area contributed by atoms with Gasteiger partial charge in [0.2, 0.25) is 5.91 Å². The van der Waals surface area contributed by atoms with Crippen molar-refractivity contribution in [3.8, 4) is 0 Å². The van der Waals surface area contributed by atoms with Crippen LogP contribution in [0, 0.1) is 5.92 Å². The summed E-state index contributed by atoms with van der Waals surface area (Å²) in [6, 6.07) is 20.6. The largest absolute Gasteiger partial charge is 0.355 e. The lowest BCUT2D eigenvalue weighted by Crippen LogP contribution is -2.35. The molecule has 0 saturated carbocycles. The highest BCUT2D eigenvalue weighted by Crippen LogP contribution is 2.27. The number of nitrogens with one attached hydrogen (secondary N) is 2. The van der Waals surface area contributed by atoms with Gasteiger partial charge in [0.05, 0.1) is 5.92 Å². The van der Waals surface area contributed by atoms with E-state index in [1.165, 1.54) is 11.1 Å². The molecule has 1 aliphatic heterocycles. The lowest BCUT2D eigenvalue weighted by Gasteiger charge is -2.18. The Morgan fingerprint density at radius 3 is 2.41 bits per heavy atom. The van der Waals surface area contributed by atoms with Gasteiger partial charge in [-0.05, 0) is 17.5 Å². The summed E-state index contributed by atoms with van der Waals surface area (Å²) in [6.07, 6.45) is 0.878. The van der Waals surface area contributed by atoms with Crippen LogP contribution in [-0.4, -0.2) is 25.5 Å². The molecule has 1 heterocycles. The molecule has 2 atom stereocenters. The van der Waals surface area contributed by atoms with Crippen molar-refractivity contribution >= 4 is 5.91 Å². The second-order valence-corrected chi connectivity index (χ2v) is 5.81. The minimum atomic E-state index is 0.0261. The monoisotopic (exact) mass is 294 g/mol. The van der Waals surface area contributed by atoms with Gasteiger partial charge in [0.1, 0.15) is 0 Å². The fraction of sp³-hybridized carbons (Fsp3) is 0.316. The predicted octanol–water partition coefficient (Wildman–Crippen LogP) is 2.35. The average molecular weight is 294 g/mol. The fourth-order valence-electron chi connectivity index (χ4n) is 3.11. The molecule has 0 aromatic heterocycles. The van der Waals surface area contributed by atoms with Crippen LogP contribution >= 0.6 is 0 Å². The third kappa shape index (κ3) is 3.55. The highest BCUT2D eigenvalue weighted by molar-refractivity contribution is 5.80. The first-order valence-corrected chi connectivity index (χ1v) is 7.92. The smallest absolute Gasteiger partial charge is 0.225 e. The molecule has 3 heteroatoms. The molecular weight excluding hydrogens is 272 g/mol. The zero-order valence-electron chi connectivity index (χ0n) is 12.7. The molecule has 1 saturated heterocycles.